The Kier molecular flexibility index (Phi) is 4.79. The van der Waals surface area contributed by atoms with E-state index in [2.05, 4.69) is 40.1 Å². The summed E-state index contributed by atoms with van der Waals surface area (Å²) in [5.41, 5.74) is 0.356. The third-order valence-corrected chi connectivity index (χ3v) is 4.37. The third-order valence-electron chi connectivity index (χ3n) is 3.76. The zero-order valence-corrected chi connectivity index (χ0v) is 12.8. The van der Waals surface area contributed by atoms with E-state index in [1.807, 2.05) is 0 Å². The summed E-state index contributed by atoms with van der Waals surface area (Å²) in [6, 6.07) is 2.54. The lowest BCUT2D eigenvalue weighted by Crippen LogP contribution is -2.40. The van der Waals surface area contributed by atoms with Crippen molar-refractivity contribution in [3.8, 4) is 0 Å². The second-order valence-corrected chi connectivity index (χ2v) is 6.20. The average Bonchev–Trinajstić information content (AvgIpc) is 2.36. The predicted molar refractivity (Wildman–Crippen MR) is 77.4 cm³/mol. The van der Waals surface area contributed by atoms with Crippen molar-refractivity contribution in [1.29, 1.82) is 0 Å². The van der Waals surface area contributed by atoms with Crippen molar-refractivity contribution in [3.63, 3.8) is 0 Å². The normalized spacial score (nSPS) is 22.3. The van der Waals surface area contributed by atoms with Gasteiger partial charge in [-0.25, -0.2) is 8.78 Å². The molecule has 1 N–H and O–H groups in total. The van der Waals surface area contributed by atoms with Gasteiger partial charge in [0.15, 0.2) is 0 Å². The van der Waals surface area contributed by atoms with E-state index >= 15 is 0 Å². The number of benzene rings is 1. The first-order valence-electron chi connectivity index (χ1n) is 6.57. The molecule has 1 aromatic rings. The van der Waals surface area contributed by atoms with Crippen LogP contribution in [0.5, 0.6) is 0 Å². The maximum atomic E-state index is 13.7. The molecule has 1 aliphatic heterocycles. The molecule has 1 saturated heterocycles. The lowest BCUT2D eigenvalue weighted by Gasteiger charge is -2.34. The fourth-order valence-electron chi connectivity index (χ4n) is 2.61. The monoisotopic (exact) mass is 332 g/mol. The summed E-state index contributed by atoms with van der Waals surface area (Å²) in [6.45, 7) is 4.19. The molecule has 2 nitrogen and oxygen atoms in total. The largest absolute Gasteiger partial charge is 0.380 e. The molecule has 2 rings (SSSR count). The van der Waals surface area contributed by atoms with Gasteiger partial charge < -0.3 is 10.2 Å². The number of hydrogen-bond acceptors (Lipinski definition) is 2. The molecule has 0 aromatic heterocycles. The Morgan fingerprint density at radius 3 is 2.79 bits per heavy atom. The number of anilines is 1. The Hall–Kier alpha value is -0.680. The number of hydrogen-bond donors (Lipinski definition) is 1. The van der Waals surface area contributed by atoms with Crippen LogP contribution in [0.3, 0.4) is 0 Å². The topological polar surface area (TPSA) is 15.3 Å². The Morgan fingerprint density at radius 2 is 2.11 bits per heavy atom. The molecule has 5 heteroatoms. The van der Waals surface area contributed by atoms with Crippen LogP contribution in [-0.2, 0) is 0 Å². The molecular formula is C14H19BrF2N2. The van der Waals surface area contributed by atoms with Gasteiger partial charge in [-0.1, -0.05) is 0 Å². The summed E-state index contributed by atoms with van der Waals surface area (Å²) in [5, 5.41) is 3.17. The van der Waals surface area contributed by atoms with Gasteiger partial charge in [0.25, 0.3) is 0 Å². The molecule has 0 aliphatic carbocycles. The highest BCUT2D eigenvalue weighted by Gasteiger charge is 2.23. The highest BCUT2D eigenvalue weighted by Crippen LogP contribution is 2.27. The average molecular weight is 333 g/mol. The van der Waals surface area contributed by atoms with E-state index in [-0.39, 0.29) is 10.5 Å². The summed E-state index contributed by atoms with van der Waals surface area (Å²) in [5.74, 6) is -0.633. The minimum atomic E-state index is -0.576. The molecule has 0 saturated carbocycles. The summed E-state index contributed by atoms with van der Waals surface area (Å²) < 4.78 is 27.2. The zero-order valence-electron chi connectivity index (χ0n) is 11.2. The van der Waals surface area contributed by atoms with Crippen LogP contribution < -0.4 is 5.32 Å². The fraction of sp³-hybridized carbons (Fsp3) is 0.571. The number of nitrogens with one attached hydrogen (secondary N) is 1. The number of nitrogens with zero attached hydrogens (tertiary/aromatic N) is 1. The van der Waals surface area contributed by atoms with Gasteiger partial charge in [0.05, 0.1) is 10.2 Å². The third kappa shape index (κ3) is 3.66. The number of rotatable bonds is 3. The standard InChI is InChI=1S/C14H19BrF2N2/c1-9(10-4-3-5-19(2)8-10)18-14-6-11(15)12(16)7-13(14)17/h6-7,9-10,18H,3-5,8H2,1-2H3. The van der Waals surface area contributed by atoms with E-state index < -0.39 is 11.6 Å². The number of halogens is 3. The van der Waals surface area contributed by atoms with Gasteiger partial charge in [0.1, 0.15) is 11.6 Å². The van der Waals surface area contributed by atoms with Crippen molar-refractivity contribution in [2.75, 3.05) is 25.5 Å². The lowest BCUT2D eigenvalue weighted by molar-refractivity contribution is 0.197. The minimum absolute atomic E-state index is 0.162. The van der Waals surface area contributed by atoms with Crippen LogP contribution in [0.15, 0.2) is 16.6 Å². The van der Waals surface area contributed by atoms with Gasteiger partial charge in [-0.2, -0.15) is 0 Å². The first-order valence-corrected chi connectivity index (χ1v) is 7.36. The molecular weight excluding hydrogens is 314 g/mol. The SMILES string of the molecule is CC(Nc1cc(Br)c(F)cc1F)C1CCCN(C)C1. The van der Waals surface area contributed by atoms with Gasteiger partial charge in [0.2, 0.25) is 0 Å². The summed E-state index contributed by atoms with van der Waals surface area (Å²) in [4.78, 5) is 2.29. The summed E-state index contributed by atoms with van der Waals surface area (Å²) >= 11 is 3.09. The predicted octanol–water partition coefficient (Wildman–Crippen LogP) is 3.87. The summed E-state index contributed by atoms with van der Waals surface area (Å²) in [6.07, 6.45) is 2.31. The van der Waals surface area contributed by atoms with Gasteiger partial charge >= 0.3 is 0 Å². The molecule has 0 radical (unpaired) electrons. The van der Waals surface area contributed by atoms with E-state index in [0.29, 0.717) is 11.6 Å². The van der Waals surface area contributed by atoms with Crippen molar-refractivity contribution in [2.45, 2.75) is 25.8 Å². The molecule has 2 unspecified atom stereocenters. The van der Waals surface area contributed by atoms with E-state index in [1.165, 1.54) is 12.5 Å². The van der Waals surface area contributed by atoms with E-state index in [0.717, 1.165) is 25.6 Å². The van der Waals surface area contributed by atoms with Crippen LogP contribution in [0.1, 0.15) is 19.8 Å². The molecule has 1 aromatic carbocycles. The minimum Gasteiger partial charge on any atom is -0.380 e. The molecule has 0 bridgehead atoms. The second kappa shape index (κ2) is 6.18. The highest BCUT2D eigenvalue weighted by atomic mass is 79.9. The number of likely N-dealkylation sites (tertiary alicyclic amines) is 1. The second-order valence-electron chi connectivity index (χ2n) is 5.34. The highest BCUT2D eigenvalue weighted by molar-refractivity contribution is 9.10. The Bertz CT molecular complexity index is 453. The van der Waals surface area contributed by atoms with E-state index in [4.69, 9.17) is 0 Å². The first kappa shape index (κ1) is 14.7. The molecule has 1 aliphatic rings. The van der Waals surface area contributed by atoms with Gasteiger partial charge in [0, 0.05) is 18.7 Å². The van der Waals surface area contributed by atoms with E-state index in [9.17, 15) is 8.78 Å². The van der Waals surface area contributed by atoms with Gasteiger partial charge in [-0.3, -0.25) is 0 Å². The van der Waals surface area contributed by atoms with Crippen molar-refractivity contribution in [1.82, 2.24) is 4.90 Å². The van der Waals surface area contributed by atoms with Crippen molar-refractivity contribution in [3.05, 3.63) is 28.2 Å². The zero-order chi connectivity index (χ0) is 14.0. The van der Waals surface area contributed by atoms with Crippen molar-refractivity contribution in [2.24, 2.45) is 5.92 Å². The van der Waals surface area contributed by atoms with Crippen LogP contribution in [0.2, 0.25) is 0 Å². The van der Waals surface area contributed by atoms with Gasteiger partial charge in [-0.05, 0) is 61.3 Å². The molecule has 19 heavy (non-hydrogen) atoms. The van der Waals surface area contributed by atoms with E-state index in [1.54, 1.807) is 0 Å². The maximum absolute atomic E-state index is 13.7. The molecule has 0 spiro atoms. The van der Waals surface area contributed by atoms with Crippen LogP contribution in [0.4, 0.5) is 14.5 Å². The van der Waals surface area contributed by atoms with Crippen LogP contribution in [-0.4, -0.2) is 31.1 Å². The molecule has 106 valence electrons. The maximum Gasteiger partial charge on any atom is 0.149 e. The molecule has 2 atom stereocenters. The van der Waals surface area contributed by atoms with Crippen LogP contribution in [0, 0.1) is 17.6 Å². The van der Waals surface area contributed by atoms with Crippen LogP contribution >= 0.6 is 15.9 Å². The van der Waals surface area contributed by atoms with Crippen molar-refractivity contribution < 1.29 is 8.78 Å². The molecule has 1 fully saturated rings. The fourth-order valence-corrected chi connectivity index (χ4v) is 2.95. The van der Waals surface area contributed by atoms with Crippen molar-refractivity contribution >= 4 is 21.6 Å². The Labute approximate surface area is 121 Å². The number of piperidine rings is 1. The quantitative estimate of drug-likeness (QED) is 0.845. The van der Waals surface area contributed by atoms with Crippen LogP contribution in [0.25, 0.3) is 0 Å². The summed E-state index contributed by atoms with van der Waals surface area (Å²) in [7, 11) is 2.11. The lowest BCUT2D eigenvalue weighted by atomic mass is 9.91. The smallest absolute Gasteiger partial charge is 0.149 e. The first-order chi connectivity index (χ1) is 8.97. The van der Waals surface area contributed by atoms with Gasteiger partial charge in [-0.15, -0.1) is 0 Å². The molecule has 0 amide bonds. The molecule has 1 heterocycles. The Balaban J connectivity index is 2.06. The Morgan fingerprint density at radius 1 is 1.37 bits per heavy atom.